The zero-order valence-corrected chi connectivity index (χ0v) is 23.3. The minimum atomic E-state index is -0.623. The summed E-state index contributed by atoms with van der Waals surface area (Å²) >= 11 is 0. The number of likely N-dealkylation sites (tertiary alicyclic amines) is 1. The van der Waals surface area contributed by atoms with Crippen LogP contribution in [0.1, 0.15) is 49.0 Å². The molecule has 4 aromatic rings. The van der Waals surface area contributed by atoms with E-state index < -0.39 is 6.04 Å². The van der Waals surface area contributed by atoms with Crippen LogP contribution in [0, 0.1) is 5.92 Å². The molecule has 0 bridgehead atoms. The highest BCUT2D eigenvalue weighted by molar-refractivity contribution is 6.00. The number of ether oxygens (including phenoxy) is 1. The molecular weight excluding hydrogens is 498 g/mol. The molecular formula is C34H38N3O3+. The van der Waals surface area contributed by atoms with Gasteiger partial charge >= 0.3 is 0 Å². The Hall–Kier alpha value is -4.16. The lowest BCUT2D eigenvalue weighted by molar-refractivity contribution is -0.963. The van der Waals surface area contributed by atoms with Crippen LogP contribution in [0.25, 0.3) is 10.8 Å². The van der Waals surface area contributed by atoms with Crippen LogP contribution in [0.4, 0.5) is 0 Å². The SMILES string of the molecule is CC(C)C[C@H](NC(=O)c1ccc2ccccc2c1)C(=O)N[N+]1(Cc2cccc(Oc3ccccc3)c2)CCCC1. The van der Waals surface area contributed by atoms with Crippen LogP contribution in [-0.2, 0) is 11.3 Å². The summed E-state index contributed by atoms with van der Waals surface area (Å²) in [6.07, 6.45) is 2.64. The largest absolute Gasteiger partial charge is 0.457 e. The highest BCUT2D eigenvalue weighted by Crippen LogP contribution is 2.26. The van der Waals surface area contributed by atoms with E-state index in [0.29, 0.717) is 23.1 Å². The van der Waals surface area contributed by atoms with Crippen LogP contribution in [0.15, 0.2) is 97.1 Å². The molecule has 0 saturated carbocycles. The van der Waals surface area contributed by atoms with Gasteiger partial charge in [-0.1, -0.05) is 74.5 Å². The van der Waals surface area contributed by atoms with Crippen molar-refractivity contribution >= 4 is 22.6 Å². The molecule has 0 aromatic heterocycles. The summed E-state index contributed by atoms with van der Waals surface area (Å²) in [6.45, 7) is 6.50. The molecule has 5 rings (SSSR count). The molecule has 1 saturated heterocycles. The van der Waals surface area contributed by atoms with E-state index in [9.17, 15) is 9.59 Å². The minimum absolute atomic E-state index is 0.138. The van der Waals surface area contributed by atoms with Crippen molar-refractivity contribution in [3.8, 4) is 11.5 Å². The van der Waals surface area contributed by atoms with Crippen LogP contribution >= 0.6 is 0 Å². The Morgan fingerprint density at radius 2 is 1.50 bits per heavy atom. The van der Waals surface area contributed by atoms with Gasteiger partial charge in [0.1, 0.15) is 37.2 Å². The number of amides is 2. The third-order valence-corrected chi connectivity index (χ3v) is 7.47. The fourth-order valence-corrected chi connectivity index (χ4v) is 5.52. The Morgan fingerprint density at radius 3 is 2.25 bits per heavy atom. The second kappa shape index (κ2) is 12.3. The summed E-state index contributed by atoms with van der Waals surface area (Å²) in [7, 11) is 0. The Bertz CT molecular complexity index is 1460. The fraction of sp³-hybridized carbons (Fsp3) is 0.294. The molecule has 1 heterocycles. The van der Waals surface area contributed by atoms with Crippen molar-refractivity contribution in [3.05, 3.63) is 108 Å². The number of benzene rings is 4. The number of rotatable bonds is 10. The van der Waals surface area contributed by atoms with Crippen LogP contribution in [0.2, 0.25) is 0 Å². The van der Waals surface area contributed by atoms with Gasteiger partial charge < -0.3 is 10.1 Å². The highest BCUT2D eigenvalue weighted by Gasteiger charge is 2.37. The molecule has 1 aliphatic rings. The zero-order valence-electron chi connectivity index (χ0n) is 23.3. The predicted molar refractivity (Wildman–Crippen MR) is 159 cm³/mol. The lowest BCUT2D eigenvalue weighted by atomic mass is 10.0. The van der Waals surface area contributed by atoms with E-state index in [-0.39, 0.29) is 17.7 Å². The first kappa shape index (κ1) is 27.4. The number of nitrogens with zero attached hydrogens (tertiary/aromatic N) is 1. The van der Waals surface area contributed by atoms with Gasteiger partial charge in [0, 0.05) is 24.0 Å². The van der Waals surface area contributed by atoms with Gasteiger partial charge in [-0.3, -0.25) is 9.59 Å². The number of quaternary nitrogens is 1. The molecule has 6 heteroatoms. The number of carbonyl (C=O) groups excluding carboxylic acids is 2. The molecule has 1 aliphatic heterocycles. The summed E-state index contributed by atoms with van der Waals surface area (Å²) in [4.78, 5) is 27.0. The first-order valence-corrected chi connectivity index (χ1v) is 14.2. The average molecular weight is 537 g/mol. The van der Waals surface area contributed by atoms with E-state index in [1.165, 1.54) is 0 Å². The Balaban J connectivity index is 1.30. The van der Waals surface area contributed by atoms with E-state index in [4.69, 9.17) is 4.74 Å². The first-order chi connectivity index (χ1) is 19.4. The fourth-order valence-electron chi connectivity index (χ4n) is 5.52. The van der Waals surface area contributed by atoms with Gasteiger partial charge in [-0.25, -0.2) is 4.59 Å². The number of hydrogen-bond donors (Lipinski definition) is 2. The van der Waals surface area contributed by atoms with E-state index in [0.717, 1.165) is 53.8 Å². The molecule has 0 aliphatic carbocycles. The molecule has 206 valence electrons. The lowest BCUT2D eigenvalue weighted by Gasteiger charge is -2.35. The maximum absolute atomic E-state index is 13.8. The van der Waals surface area contributed by atoms with E-state index in [1.54, 1.807) is 0 Å². The minimum Gasteiger partial charge on any atom is -0.457 e. The molecule has 40 heavy (non-hydrogen) atoms. The van der Waals surface area contributed by atoms with E-state index in [2.05, 4.69) is 30.7 Å². The van der Waals surface area contributed by atoms with Gasteiger partial charge in [-0.05, 0) is 59.5 Å². The number of fused-ring (bicyclic) bond motifs is 1. The Labute approximate surface area is 236 Å². The molecule has 4 aromatic carbocycles. The molecule has 0 unspecified atom stereocenters. The van der Waals surface area contributed by atoms with Crippen LogP contribution < -0.4 is 15.5 Å². The molecule has 0 radical (unpaired) electrons. The van der Waals surface area contributed by atoms with E-state index in [1.807, 2.05) is 91.0 Å². The topological polar surface area (TPSA) is 67.4 Å². The van der Waals surface area contributed by atoms with Gasteiger partial charge in [0.25, 0.3) is 11.8 Å². The Morgan fingerprint density at radius 1 is 0.800 bits per heavy atom. The maximum atomic E-state index is 13.8. The smallest absolute Gasteiger partial charge is 0.287 e. The van der Waals surface area contributed by atoms with Crippen LogP contribution in [0.5, 0.6) is 11.5 Å². The van der Waals surface area contributed by atoms with Gasteiger partial charge in [0.15, 0.2) is 0 Å². The van der Waals surface area contributed by atoms with E-state index >= 15 is 0 Å². The van der Waals surface area contributed by atoms with Crippen LogP contribution in [0.3, 0.4) is 0 Å². The van der Waals surface area contributed by atoms with Gasteiger partial charge in [0.2, 0.25) is 0 Å². The summed E-state index contributed by atoms with van der Waals surface area (Å²) in [5.41, 5.74) is 4.99. The van der Waals surface area contributed by atoms with Crippen molar-refractivity contribution in [2.75, 3.05) is 13.1 Å². The third kappa shape index (κ3) is 6.88. The molecule has 1 atom stereocenters. The van der Waals surface area contributed by atoms with Crippen molar-refractivity contribution < 1.29 is 18.9 Å². The molecule has 6 nitrogen and oxygen atoms in total. The summed E-state index contributed by atoms with van der Waals surface area (Å²) in [6, 6.07) is 30.8. The standard InChI is InChI=1S/C34H37N3O3/c1-25(2)21-32(35-33(38)29-18-17-27-12-6-7-13-28(27)23-29)34(39)36-37(19-8-9-20-37)24-26-11-10-16-31(22-26)40-30-14-4-3-5-15-30/h3-7,10-18,22-23,25,32H,8-9,19-21,24H2,1-2H3,(H-,35,36,38,39)/p+1/t32-/m0/s1. The van der Waals surface area contributed by atoms with Gasteiger partial charge in [-0.15, -0.1) is 0 Å². The van der Waals surface area contributed by atoms with Crippen molar-refractivity contribution in [2.45, 2.75) is 45.7 Å². The number of nitrogens with one attached hydrogen (secondary N) is 2. The van der Waals surface area contributed by atoms with Crippen molar-refractivity contribution in [3.63, 3.8) is 0 Å². The predicted octanol–water partition coefficient (Wildman–Crippen LogP) is 6.62. The second-order valence-electron chi connectivity index (χ2n) is 11.2. The number of carbonyl (C=O) groups is 2. The van der Waals surface area contributed by atoms with Crippen LogP contribution in [-0.4, -0.2) is 35.5 Å². The van der Waals surface area contributed by atoms with Crippen molar-refractivity contribution in [1.29, 1.82) is 0 Å². The van der Waals surface area contributed by atoms with Crippen molar-refractivity contribution in [2.24, 2.45) is 5.92 Å². The van der Waals surface area contributed by atoms with Gasteiger partial charge in [0.05, 0.1) is 0 Å². The number of hydrogen-bond acceptors (Lipinski definition) is 3. The molecule has 2 amide bonds. The monoisotopic (exact) mass is 536 g/mol. The quantitative estimate of drug-likeness (QED) is 0.224. The molecule has 0 spiro atoms. The second-order valence-corrected chi connectivity index (χ2v) is 11.2. The first-order valence-electron chi connectivity index (χ1n) is 14.2. The highest BCUT2D eigenvalue weighted by atomic mass is 16.5. The van der Waals surface area contributed by atoms with Crippen molar-refractivity contribution in [1.82, 2.24) is 10.7 Å². The van der Waals surface area contributed by atoms with Gasteiger partial charge in [-0.2, -0.15) is 5.43 Å². The summed E-state index contributed by atoms with van der Waals surface area (Å²) < 4.78 is 6.52. The summed E-state index contributed by atoms with van der Waals surface area (Å²) in [5, 5.41) is 5.12. The third-order valence-electron chi connectivity index (χ3n) is 7.47. The molecule has 1 fully saturated rings. The Kier molecular flexibility index (Phi) is 8.46. The lowest BCUT2D eigenvalue weighted by Crippen LogP contribution is -2.62. The zero-order chi connectivity index (χ0) is 28.0. The maximum Gasteiger partial charge on any atom is 0.287 e. The average Bonchev–Trinajstić information content (AvgIpc) is 3.40. The molecule has 2 N–H and O–H groups in total. The summed E-state index contributed by atoms with van der Waals surface area (Å²) in [5.74, 6) is 1.43. The number of para-hydroxylation sites is 1. The normalized spacial score (nSPS) is 15.1.